The summed E-state index contributed by atoms with van der Waals surface area (Å²) in [6, 6.07) is 10.8. The van der Waals surface area contributed by atoms with E-state index in [0.717, 1.165) is 5.92 Å². The van der Waals surface area contributed by atoms with Crippen LogP contribution in [0.4, 0.5) is 0 Å². The van der Waals surface area contributed by atoms with Gasteiger partial charge < -0.3 is 0 Å². The average molecular weight is 158 g/mol. The molecule has 0 heteroatoms. The van der Waals surface area contributed by atoms with E-state index in [0.29, 0.717) is 0 Å². The second-order valence-corrected chi connectivity index (χ2v) is 3.46. The maximum Gasteiger partial charge on any atom is -0.00875 e. The van der Waals surface area contributed by atoms with Crippen molar-refractivity contribution in [3.8, 4) is 0 Å². The summed E-state index contributed by atoms with van der Waals surface area (Å²) in [5.74, 6) is 0.803. The summed E-state index contributed by atoms with van der Waals surface area (Å²) in [5, 5.41) is 0. The van der Waals surface area contributed by atoms with Gasteiger partial charge in [0, 0.05) is 0 Å². The summed E-state index contributed by atoms with van der Waals surface area (Å²) in [6.45, 7) is 2.14. The maximum atomic E-state index is 2.25. The van der Waals surface area contributed by atoms with E-state index in [1.807, 2.05) is 0 Å². The number of rotatable bonds is 1. The number of hydrogen-bond acceptors (Lipinski definition) is 0. The molecule has 62 valence electrons. The van der Waals surface area contributed by atoms with Gasteiger partial charge in [0.2, 0.25) is 0 Å². The van der Waals surface area contributed by atoms with Crippen molar-refractivity contribution in [1.82, 2.24) is 0 Å². The van der Waals surface area contributed by atoms with Crippen LogP contribution in [0, 0.1) is 0 Å². The van der Waals surface area contributed by atoms with Crippen LogP contribution in [0.5, 0.6) is 0 Å². The fraction of sp³-hybridized carbons (Fsp3) is 0.333. The second kappa shape index (κ2) is 3.14. The highest BCUT2D eigenvalue weighted by Gasteiger charge is 2.23. The summed E-state index contributed by atoms with van der Waals surface area (Å²) in [4.78, 5) is 0. The molecule has 1 saturated carbocycles. The van der Waals surface area contributed by atoms with Gasteiger partial charge in [-0.2, -0.15) is 0 Å². The lowest BCUT2D eigenvalue weighted by Crippen LogP contribution is -2.12. The van der Waals surface area contributed by atoms with E-state index in [2.05, 4.69) is 43.3 Å². The molecular weight excluding hydrogens is 144 g/mol. The third-order valence-electron chi connectivity index (χ3n) is 2.70. The van der Waals surface area contributed by atoms with Crippen LogP contribution in [0.1, 0.15) is 31.2 Å². The minimum absolute atomic E-state index is 0.803. The van der Waals surface area contributed by atoms with Gasteiger partial charge in [0.15, 0.2) is 0 Å². The third-order valence-corrected chi connectivity index (χ3v) is 2.70. The van der Waals surface area contributed by atoms with Gasteiger partial charge in [0.1, 0.15) is 0 Å². The van der Waals surface area contributed by atoms with Crippen molar-refractivity contribution >= 4 is 0 Å². The van der Waals surface area contributed by atoms with Crippen LogP contribution >= 0.6 is 0 Å². The summed E-state index contributed by atoms with van der Waals surface area (Å²) < 4.78 is 0. The first-order chi connectivity index (χ1) is 5.90. The zero-order chi connectivity index (χ0) is 8.39. The normalized spacial score (nSPS) is 21.8. The van der Waals surface area contributed by atoms with Gasteiger partial charge in [-0.05, 0) is 31.2 Å². The van der Waals surface area contributed by atoms with Gasteiger partial charge in [0.25, 0.3) is 0 Å². The molecule has 0 nitrogen and oxygen atoms in total. The van der Waals surface area contributed by atoms with Gasteiger partial charge in [-0.25, -0.2) is 0 Å². The molecule has 0 bridgehead atoms. The number of hydrogen-bond donors (Lipinski definition) is 0. The Morgan fingerprint density at radius 2 is 1.83 bits per heavy atom. The predicted molar refractivity (Wildman–Crippen MR) is 52.2 cm³/mol. The van der Waals surface area contributed by atoms with Crippen molar-refractivity contribution in [3.63, 3.8) is 0 Å². The lowest BCUT2D eigenvalue weighted by Gasteiger charge is -2.29. The highest BCUT2D eigenvalue weighted by atomic mass is 14.3. The zero-order valence-electron chi connectivity index (χ0n) is 7.46. The molecule has 12 heavy (non-hydrogen) atoms. The minimum atomic E-state index is 0.803. The molecule has 1 aliphatic rings. The van der Waals surface area contributed by atoms with E-state index in [9.17, 15) is 0 Å². The van der Waals surface area contributed by atoms with Crippen molar-refractivity contribution < 1.29 is 0 Å². The molecule has 0 N–H and O–H groups in total. The van der Waals surface area contributed by atoms with Crippen molar-refractivity contribution in [1.29, 1.82) is 0 Å². The van der Waals surface area contributed by atoms with Gasteiger partial charge >= 0.3 is 0 Å². The molecule has 1 aromatic rings. The molecule has 0 spiro atoms. The Bertz CT molecular complexity index is 274. The molecule has 0 radical (unpaired) electrons. The lowest BCUT2D eigenvalue weighted by atomic mass is 9.76. The quantitative estimate of drug-likeness (QED) is 0.549. The van der Waals surface area contributed by atoms with Gasteiger partial charge in [-0.1, -0.05) is 42.0 Å². The standard InChI is InChI=1S/C12H14/c1-2-10-8-12(9-10)11-6-4-3-5-7-11/h2-7,12H,8-9H2,1H3. The Balaban J connectivity index is 2.06. The SMILES string of the molecule is CC=C1CC(c2ccccc2)C1. The molecule has 0 atom stereocenters. The van der Waals surface area contributed by atoms with Crippen LogP contribution in [-0.4, -0.2) is 0 Å². The van der Waals surface area contributed by atoms with E-state index < -0.39 is 0 Å². The first-order valence-electron chi connectivity index (χ1n) is 4.59. The van der Waals surface area contributed by atoms with Crippen LogP contribution in [0.25, 0.3) is 0 Å². The van der Waals surface area contributed by atoms with Gasteiger partial charge in [0.05, 0.1) is 0 Å². The highest BCUT2D eigenvalue weighted by molar-refractivity contribution is 5.29. The lowest BCUT2D eigenvalue weighted by molar-refractivity contribution is 0.548. The molecule has 1 aliphatic carbocycles. The van der Waals surface area contributed by atoms with Crippen molar-refractivity contribution in [2.24, 2.45) is 0 Å². The van der Waals surface area contributed by atoms with E-state index in [-0.39, 0.29) is 0 Å². The molecule has 2 rings (SSSR count). The Labute approximate surface area is 73.9 Å². The smallest absolute Gasteiger partial charge is 0.00875 e. The summed E-state index contributed by atoms with van der Waals surface area (Å²) in [5.41, 5.74) is 3.12. The van der Waals surface area contributed by atoms with Crippen molar-refractivity contribution in [2.75, 3.05) is 0 Å². The molecule has 0 unspecified atom stereocenters. The molecular formula is C12H14. The monoisotopic (exact) mass is 158 g/mol. The Morgan fingerprint density at radius 1 is 1.17 bits per heavy atom. The largest absolute Gasteiger partial charge is 0.0884 e. The van der Waals surface area contributed by atoms with Gasteiger partial charge in [-0.3, -0.25) is 0 Å². The molecule has 0 aromatic heterocycles. The number of benzene rings is 1. The topological polar surface area (TPSA) is 0 Å². The first-order valence-corrected chi connectivity index (χ1v) is 4.59. The number of allylic oxidation sites excluding steroid dienone is 2. The van der Waals surface area contributed by atoms with Crippen LogP contribution in [-0.2, 0) is 0 Å². The molecule has 1 aromatic carbocycles. The molecule has 0 saturated heterocycles. The average Bonchev–Trinajstić information content (AvgIpc) is 2.04. The van der Waals surface area contributed by atoms with Crippen LogP contribution in [0.3, 0.4) is 0 Å². The van der Waals surface area contributed by atoms with Crippen LogP contribution in [0.2, 0.25) is 0 Å². The molecule has 0 aliphatic heterocycles. The molecule has 0 heterocycles. The van der Waals surface area contributed by atoms with Crippen molar-refractivity contribution in [2.45, 2.75) is 25.7 Å². The van der Waals surface area contributed by atoms with E-state index in [1.54, 1.807) is 5.57 Å². The summed E-state index contributed by atoms with van der Waals surface area (Å²) >= 11 is 0. The Kier molecular flexibility index (Phi) is 1.99. The minimum Gasteiger partial charge on any atom is -0.0884 e. The van der Waals surface area contributed by atoms with E-state index >= 15 is 0 Å². The second-order valence-electron chi connectivity index (χ2n) is 3.46. The predicted octanol–water partition coefficient (Wildman–Crippen LogP) is 3.51. The Morgan fingerprint density at radius 3 is 2.42 bits per heavy atom. The van der Waals surface area contributed by atoms with E-state index in [4.69, 9.17) is 0 Å². The third kappa shape index (κ3) is 1.29. The molecule has 1 fully saturated rings. The highest BCUT2D eigenvalue weighted by Crippen LogP contribution is 2.40. The van der Waals surface area contributed by atoms with Gasteiger partial charge in [-0.15, -0.1) is 0 Å². The van der Waals surface area contributed by atoms with Crippen molar-refractivity contribution in [3.05, 3.63) is 47.5 Å². The summed E-state index contributed by atoms with van der Waals surface area (Å²) in [7, 11) is 0. The summed E-state index contributed by atoms with van der Waals surface area (Å²) in [6.07, 6.45) is 4.81. The maximum absolute atomic E-state index is 2.25. The zero-order valence-corrected chi connectivity index (χ0v) is 7.46. The fourth-order valence-electron chi connectivity index (χ4n) is 1.77. The van der Waals surface area contributed by atoms with E-state index in [1.165, 1.54) is 18.4 Å². The van der Waals surface area contributed by atoms with Crippen LogP contribution in [0.15, 0.2) is 42.0 Å². The Hall–Kier alpha value is -1.04. The molecule has 0 amide bonds. The fourth-order valence-corrected chi connectivity index (χ4v) is 1.77. The van der Waals surface area contributed by atoms with Crippen LogP contribution < -0.4 is 0 Å². The first kappa shape index (κ1) is 7.60.